The van der Waals surface area contributed by atoms with Gasteiger partial charge in [0.05, 0.1) is 19.2 Å². The molecule has 0 aliphatic carbocycles. The Morgan fingerprint density at radius 1 is 1.23 bits per heavy atom. The molecule has 140 valence electrons. The molecule has 1 aliphatic heterocycles. The Morgan fingerprint density at radius 2 is 1.88 bits per heavy atom. The Labute approximate surface area is 154 Å². The quantitative estimate of drug-likeness (QED) is 0.650. The summed E-state index contributed by atoms with van der Waals surface area (Å²) in [6.07, 6.45) is 1.56. The number of urea groups is 1. The summed E-state index contributed by atoms with van der Waals surface area (Å²) in [6, 6.07) is 11.0. The summed E-state index contributed by atoms with van der Waals surface area (Å²) in [5.74, 6) is 0.804. The van der Waals surface area contributed by atoms with Gasteiger partial charge in [-0.2, -0.15) is 0 Å². The molecular weight excluding hydrogens is 330 g/mol. The van der Waals surface area contributed by atoms with E-state index in [4.69, 9.17) is 4.74 Å². The summed E-state index contributed by atoms with van der Waals surface area (Å²) in [5.41, 5.74) is 0.992. The Balaban J connectivity index is 1.74. The highest BCUT2D eigenvalue weighted by molar-refractivity contribution is 5.91. The van der Waals surface area contributed by atoms with E-state index in [0.717, 1.165) is 53.1 Å². The maximum absolute atomic E-state index is 12.5. The first-order valence-electron chi connectivity index (χ1n) is 9.04. The molecule has 2 aromatic carbocycles. The maximum Gasteiger partial charge on any atom is 0.341 e. The Hall–Kier alpha value is -2.31. The van der Waals surface area contributed by atoms with E-state index in [-0.39, 0.29) is 12.1 Å². The van der Waals surface area contributed by atoms with Gasteiger partial charge in [-0.05, 0) is 56.9 Å². The van der Waals surface area contributed by atoms with E-state index in [1.165, 1.54) is 0 Å². The molecule has 3 rings (SSSR count). The number of fused-ring (bicyclic) bond motifs is 1. The van der Waals surface area contributed by atoms with Crippen LogP contribution in [0.2, 0.25) is 0 Å². The number of carbonyl (C=O) groups is 1. The van der Waals surface area contributed by atoms with E-state index in [9.17, 15) is 10.0 Å². The third kappa shape index (κ3) is 3.76. The molecule has 2 aromatic rings. The smallest absolute Gasteiger partial charge is 0.341 e. The first kappa shape index (κ1) is 18.5. The minimum absolute atomic E-state index is 0.133. The van der Waals surface area contributed by atoms with Crippen LogP contribution in [0.4, 0.5) is 4.79 Å². The number of likely N-dealkylation sites (tertiary alicyclic amines) is 1. The zero-order valence-electron chi connectivity index (χ0n) is 15.6. The minimum atomic E-state index is -0.452. The van der Waals surface area contributed by atoms with Gasteiger partial charge in [0.1, 0.15) is 5.75 Å². The average molecular weight is 357 g/mol. The third-order valence-electron chi connectivity index (χ3n) is 5.19. The molecule has 2 N–H and O–H groups in total. The number of hydrogen-bond acceptors (Lipinski definition) is 4. The fourth-order valence-electron chi connectivity index (χ4n) is 3.58. The van der Waals surface area contributed by atoms with Gasteiger partial charge in [-0.1, -0.05) is 30.3 Å². The first-order chi connectivity index (χ1) is 12.5. The molecule has 1 fully saturated rings. The zero-order valence-corrected chi connectivity index (χ0v) is 15.6. The van der Waals surface area contributed by atoms with Gasteiger partial charge < -0.3 is 15.0 Å². The number of benzene rings is 2. The van der Waals surface area contributed by atoms with Crippen molar-refractivity contribution in [2.75, 3.05) is 27.2 Å². The molecule has 1 aliphatic rings. The van der Waals surface area contributed by atoms with Crippen LogP contribution in [0, 0.1) is 0 Å². The fourth-order valence-corrected chi connectivity index (χ4v) is 3.58. The predicted molar refractivity (Wildman–Crippen MR) is 102 cm³/mol. The maximum atomic E-state index is 12.5. The monoisotopic (exact) mass is 357 g/mol. The lowest BCUT2D eigenvalue weighted by molar-refractivity contribution is -0.0919. The Morgan fingerprint density at radius 3 is 2.54 bits per heavy atom. The summed E-state index contributed by atoms with van der Waals surface area (Å²) >= 11 is 0. The molecule has 0 radical (unpaired) electrons. The normalized spacial score (nSPS) is 17.1. The zero-order chi connectivity index (χ0) is 18.7. The number of nitrogens with zero attached hydrogens (tertiary/aromatic N) is 2. The van der Waals surface area contributed by atoms with Gasteiger partial charge in [0.15, 0.2) is 0 Å². The molecule has 26 heavy (non-hydrogen) atoms. The summed E-state index contributed by atoms with van der Waals surface area (Å²) in [5, 5.41) is 16.1. The third-order valence-corrected chi connectivity index (χ3v) is 5.19. The standard InChI is InChI=1S/C20H27N3O3/c1-14(21-20(24)23(25)15-10-12-22(2)13-11-15)16-8-9-19(26-3)18-7-5-4-6-17(16)18/h4-9,14-15,25H,10-13H2,1-3H3,(H,21,24)/t14-/m1/s1. The van der Waals surface area contributed by atoms with Gasteiger partial charge in [-0.15, -0.1) is 0 Å². The van der Waals surface area contributed by atoms with Crippen LogP contribution in [0.15, 0.2) is 36.4 Å². The molecule has 2 amide bonds. The van der Waals surface area contributed by atoms with Crippen molar-refractivity contribution in [3.8, 4) is 5.75 Å². The molecular formula is C20H27N3O3. The summed E-state index contributed by atoms with van der Waals surface area (Å²) in [4.78, 5) is 14.7. The van der Waals surface area contributed by atoms with Crippen molar-refractivity contribution in [2.24, 2.45) is 0 Å². The van der Waals surface area contributed by atoms with E-state index in [0.29, 0.717) is 0 Å². The van der Waals surface area contributed by atoms with Gasteiger partial charge in [0, 0.05) is 5.39 Å². The molecule has 1 atom stereocenters. The first-order valence-corrected chi connectivity index (χ1v) is 9.04. The molecule has 0 saturated carbocycles. The second kappa shape index (κ2) is 7.93. The highest BCUT2D eigenvalue weighted by Gasteiger charge is 2.27. The number of amides is 2. The number of hydrogen-bond donors (Lipinski definition) is 2. The minimum Gasteiger partial charge on any atom is -0.496 e. The van der Waals surface area contributed by atoms with Crippen molar-refractivity contribution in [3.63, 3.8) is 0 Å². The number of nitrogens with one attached hydrogen (secondary N) is 1. The van der Waals surface area contributed by atoms with Gasteiger partial charge in [-0.25, -0.2) is 9.86 Å². The van der Waals surface area contributed by atoms with Gasteiger partial charge in [0.2, 0.25) is 0 Å². The van der Waals surface area contributed by atoms with Crippen LogP contribution >= 0.6 is 0 Å². The lowest BCUT2D eigenvalue weighted by atomic mass is 9.99. The second-order valence-electron chi connectivity index (χ2n) is 6.95. The van der Waals surface area contributed by atoms with Crippen LogP contribution in [-0.2, 0) is 0 Å². The number of hydroxylamine groups is 2. The van der Waals surface area contributed by atoms with E-state index in [1.54, 1.807) is 7.11 Å². The molecule has 1 saturated heterocycles. The predicted octanol–water partition coefficient (Wildman–Crippen LogP) is 3.40. The summed E-state index contributed by atoms with van der Waals surface area (Å²) in [6.45, 7) is 3.69. The highest BCUT2D eigenvalue weighted by atomic mass is 16.5. The van der Waals surface area contributed by atoms with Crippen LogP contribution in [0.3, 0.4) is 0 Å². The molecule has 0 spiro atoms. The fraction of sp³-hybridized carbons (Fsp3) is 0.450. The molecule has 6 nitrogen and oxygen atoms in total. The van der Waals surface area contributed by atoms with E-state index >= 15 is 0 Å². The van der Waals surface area contributed by atoms with E-state index in [2.05, 4.69) is 17.3 Å². The van der Waals surface area contributed by atoms with Crippen molar-refractivity contribution in [1.29, 1.82) is 0 Å². The molecule has 0 aromatic heterocycles. The summed E-state index contributed by atoms with van der Waals surface area (Å²) < 4.78 is 5.43. The average Bonchev–Trinajstić information content (AvgIpc) is 2.67. The molecule has 6 heteroatoms. The summed E-state index contributed by atoms with van der Waals surface area (Å²) in [7, 11) is 3.70. The van der Waals surface area contributed by atoms with E-state index in [1.807, 2.05) is 43.3 Å². The van der Waals surface area contributed by atoms with Gasteiger partial charge in [-0.3, -0.25) is 5.21 Å². The molecule has 0 bridgehead atoms. The van der Waals surface area contributed by atoms with Crippen LogP contribution in [0.25, 0.3) is 10.8 Å². The molecule has 0 unspecified atom stereocenters. The number of ether oxygens (including phenoxy) is 1. The highest BCUT2D eigenvalue weighted by Crippen LogP contribution is 2.31. The number of rotatable bonds is 4. The topological polar surface area (TPSA) is 65.0 Å². The largest absolute Gasteiger partial charge is 0.496 e. The lowest BCUT2D eigenvalue weighted by Crippen LogP contribution is -2.48. The Kier molecular flexibility index (Phi) is 5.64. The van der Waals surface area contributed by atoms with Crippen LogP contribution in [0.5, 0.6) is 5.75 Å². The van der Waals surface area contributed by atoms with Gasteiger partial charge in [0.25, 0.3) is 0 Å². The number of carbonyl (C=O) groups excluding carboxylic acids is 1. The van der Waals surface area contributed by atoms with Crippen LogP contribution in [0.1, 0.15) is 31.4 Å². The number of methoxy groups -OCH3 is 1. The van der Waals surface area contributed by atoms with Crippen molar-refractivity contribution in [2.45, 2.75) is 31.8 Å². The molecule has 1 heterocycles. The second-order valence-corrected chi connectivity index (χ2v) is 6.95. The lowest BCUT2D eigenvalue weighted by Gasteiger charge is -2.34. The van der Waals surface area contributed by atoms with E-state index < -0.39 is 6.03 Å². The van der Waals surface area contributed by atoms with Gasteiger partial charge >= 0.3 is 6.03 Å². The van der Waals surface area contributed by atoms with Crippen molar-refractivity contribution in [1.82, 2.24) is 15.3 Å². The number of piperidine rings is 1. The Bertz CT molecular complexity index is 772. The van der Waals surface area contributed by atoms with Crippen molar-refractivity contribution < 1.29 is 14.7 Å². The van der Waals surface area contributed by atoms with Crippen LogP contribution in [-0.4, -0.2) is 54.5 Å². The van der Waals surface area contributed by atoms with Crippen molar-refractivity contribution >= 4 is 16.8 Å². The van der Waals surface area contributed by atoms with Crippen molar-refractivity contribution in [3.05, 3.63) is 42.0 Å². The van der Waals surface area contributed by atoms with Crippen LogP contribution < -0.4 is 10.1 Å². The SMILES string of the molecule is COc1ccc([C@@H](C)NC(=O)N(O)C2CCN(C)CC2)c2ccccc12.